The second-order valence-electron chi connectivity index (χ2n) is 6.99. The van der Waals surface area contributed by atoms with Gasteiger partial charge in [0.15, 0.2) is 5.82 Å². The van der Waals surface area contributed by atoms with Crippen LogP contribution in [0.3, 0.4) is 0 Å². The molecule has 29 heavy (non-hydrogen) atoms. The van der Waals surface area contributed by atoms with Gasteiger partial charge in [0.05, 0.1) is 22.1 Å². The van der Waals surface area contributed by atoms with Gasteiger partial charge in [-0.25, -0.2) is 19.0 Å². The number of halogens is 4. The average molecular weight is 418 g/mol. The Kier molecular flexibility index (Phi) is 3.33. The predicted octanol–water partition coefficient (Wildman–Crippen LogP) is 4.58. The lowest BCUT2D eigenvalue weighted by Gasteiger charge is -2.21. The number of nitrogens with zero attached hydrogens (tertiary/aromatic N) is 5. The van der Waals surface area contributed by atoms with Gasteiger partial charge in [-0.2, -0.15) is 13.9 Å². The van der Waals surface area contributed by atoms with E-state index in [1.54, 1.807) is 16.8 Å². The highest BCUT2D eigenvalue weighted by Gasteiger charge is 2.43. The van der Waals surface area contributed by atoms with Crippen molar-refractivity contribution in [2.75, 3.05) is 0 Å². The Bertz CT molecular complexity index is 1300. The van der Waals surface area contributed by atoms with Crippen LogP contribution in [0.15, 0.2) is 36.7 Å². The van der Waals surface area contributed by atoms with Crippen LogP contribution in [0.1, 0.15) is 29.9 Å². The summed E-state index contributed by atoms with van der Waals surface area (Å²) in [6, 6.07) is 7.11. The lowest BCUT2D eigenvalue weighted by Crippen LogP contribution is -2.14. The number of hydrogen-bond acceptors (Lipinski definition) is 4. The Labute approximate surface area is 166 Å². The third-order valence-electron chi connectivity index (χ3n) is 5.54. The summed E-state index contributed by atoms with van der Waals surface area (Å²) in [6.45, 7) is -2.97. The molecule has 6 rings (SSSR count). The fourth-order valence-corrected chi connectivity index (χ4v) is 4.66. The van der Waals surface area contributed by atoms with E-state index >= 15 is 0 Å². The monoisotopic (exact) mass is 417 g/mol. The van der Waals surface area contributed by atoms with Crippen LogP contribution in [0.25, 0.3) is 22.4 Å². The maximum atomic E-state index is 14.0. The topological polar surface area (TPSA) is 57.8 Å². The average Bonchev–Trinajstić information content (AvgIpc) is 3.34. The van der Waals surface area contributed by atoms with Crippen LogP contribution in [0.5, 0.6) is 5.75 Å². The first kappa shape index (κ1) is 16.8. The number of ether oxygens (including phenoxy) is 1. The smallest absolute Gasteiger partial charge is 0.387 e. The van der Waals surface area contributed by atoms with Crippen LogP contribution in [-0.2, 0) is 0 Å². The third kappa shape index (κ3) is 2.21. The van der Waals surface area contributed by atoms with Crippen molar-refractivity contribution in [3.05, 3.63) is 58.9 Å². The number of aromatic nitrogens is 5. The van der Waals surface area contributed by atoms with Crippen molar-refractivity contribution < 1.29 is 17.9 Å². The normalized spacial score (nSPS) is 19.2. The number of benzene rings is 2. The lowest BCUT2D eigenvalue weighted by molar-refractivity contribution is -0.0506. The van der Waals surface area contributed by atoms with Crippen molar-refractivity contribution in [3.63, 3.8) is 0 Å². The Morgan fingerprint density at radius 2 is 2.07 bits per heavy atom. The maximum absolute atomic E-state index is 14.0. The number of rotatable bonds is 2. The second-order valence-corrected chi connectivity index (χ2v) is 7.39. The zero-order valence-corrected chi connectivity index (χ0v) is 15.3. The molecule has 4 aromatic rings. The van der Waals surface area contributed by atoms with Gasteiger partial charge < -0.3 is 9.30 Å². The van der Waals surface area contributed by atoms with E-state index in [0.29, 0.717) is 40.2 Å². The van der Waals surface area contributed by atoms with Crippen LogP contribution < -0.4 is 4.74 Å². The Morgan fingerprint density at radius 3 is 2.90 bits per heavy atom. The molecule has 2 aliphatic heterocycles. The quantitative estimate of drug-likeness (QED) is 0.479. The van der Waals surface area contributed by atoms with Gasteiger partial charge in [0.2, 0.25) is 0 Å². The van der Waals surface area contributed by atoms with Crippen molar-refractivity contribution in [3.8, 4) is 17.1 Å². The Morgan fingerprint density at radius 1 is 1.21 bits per heavy atom. The minimum Gasteiger partial charge on any atom is -0.434 e. The van der Waals surface area contributed by atoms with E-state index in [9.17, 15) is 13.2 Å². The van der Waals surface area contributed by atoms with E-state index in [2.05, 4.69) is 15.1 Å². The molecule has 10 heteroatoms. The summed E-state index contributed by atoms with van der Waals surface area (Å²) in [5.41, 5.74) is 2.30. The van der Waals surface area contributed by atoms with E-state index in [1.807, 2.05) is 4.57 Å². The van der Waals surface area contributed by atoms with Crippen LogP contribution in [0.2, 0.25) is 5.02 Å². The maximum Gasteiger partial charge on any atom is 0.387 e. The lowest BCUT2D eigenvalue weighted by atomic mass is 9.97. The van der Waals surface area contributed by atoms with Gasteiger partial charge in [-0.05, 0) is 12.1 Å². The Balaban J connectivity index is 1.71. The van der Waals surface area contributed by atoms with Crippen LogP contribution in [0.4, 0.5) is 13.2 Å². The van der Waals surface area contributed by atoms with E-state index < -0.39 is 12.4 Å². The highest BCUT2D eigenvalue weighted by Crippen LogP contribution is 2.51. The summed E-state index contributed by atoms with van der Waals surface area (Å²) >= 11 is 6.02. The molecule has 6 nitrogen and oxygen atoms in total. The fraction of sp³-hybridized carbons (Fsp3) is 0.211. The van der Waals surface area contributed by atoms with Crippen molar-refractivity contribution >= 4 is 22.6 Å². The van der Waals surface area contributed by atoms with Crippen molar-refractivity contribution in [2.45, 2.75) is 25.1 Å². The van der Waals surface area contributed by atoms with Crippen molar-refractivity contribution in [2.24, 2.45) is 0 Å². The fourth-order valence-electron chi connectivity index (χ4n) is 4.50. The van der Waals surface area contributed by atoms with Gasteiger partial charge in [0.1, 0.15) is 29.8 Å². The molecule has 2 aromatic carbocycles. The summed E-state index contributed by atoms with van der Waals surface area (Å²) in [4.78, 5) is 8.95. The molecule has 146 valence electrons. The molecule has 2 atom stereocenters. The molecular weight excluding hydrogens is 407 g/mol. The summed E-state index contributed by atoms with van der Waals surface area (Å²) in [7, 11) is 0. The van der Waals surface area contributed by atoms with Gasteiger partial charge in [0, 0.05) is 23.6 Å². The summed E-state index contributed by atoms with van der Waals surface area (Å²) in [5.74, 6) is 0.703. The molecule has 0 radical (unpaired) electrons. The SMILES string of the molecule is Fc1cc2nc3n(c2cc1Cl)[C@H]1C[C@@H]3n2ncnc2-c2cccc(OC(F)F)c21. The van der Waals surface area contributed by atoms with Gasteiger partial charge in [-0.1, -0.05) is 23.7 Å². The van der Waals surface area contributed by atoms with Gasteiger partial charge in [-0.15, -0.1) is 0 Å². The number of fused-ring (bicyclic) bond motifs is 6. The minimum absolute atomic E-state index is 0.0294. The number of imidazole rings is 1. The molecule has 0 saturated carbocycles. The molecule has 0 spiro atoms. The highest BCUT2D eigenvalue weighted by molar-refractivity contribution is 6.31. The second kappa shape index (κ2) is 5.73. The summed E-state index contributed by atoms with van der Waals surface area (Å²) in [6.07, 6.45) is 1.95. The molecule has 0 saturated heterocycles. The van der Waals surface area contributed by atoms with Crippen molar-refractivity contribution in [1.29, 1.82) is 0 Å². The first-order chi connectivity index (χ1) is 14.0. The molecule has 0 fully saturated rings. The standard InChI is InChI=1S/C19H11ClF3N5O/c20-9-4-12-11(5-10(9)21)26-18-14-6-13(27(12)18)16-8(17-24-7-25-28(14)17)2-1-3-15(16)29-19(22)23/h1-5,7,13-14,19H,6H2/t13-,14-/m0/s1. The molecule has 0 amide bonds. The molecular formula is C19H11ClF3N5O. The minimum atomic E-state index is -2.97. The molecule has 0 unspecified atom stereocenters. The molecule has 2 bridgehead atoms. The summed E-state index contributed by atoms with van der Waals surface area (Å²) in [5, 5.41) is 4.32. The van der Waals surface area contributed by atoms with Gasteiger partial charge >= 0.3 is 6.61 Å². The van der Waals surface area contributed by atoms with Crippen LogP contribution in [0, 0.1) is 5.82 Å². The highest BCUT2D eigenvalue weighted by atomic mass is 35.5. The number of alkyl halides is 2. The molecule has 0 N–H and O–H groups in total. The zero-order valence-electron chi connectivity index (χ0n) is 14.6. The number of hydrogen-bond donors (Lipinski definition) is 0. The van der Waals surface area contributed by atoms with E-state index in [4.69, 9.17) is 16.3 Å². The van der Waals surface area contributed by atoms with E-state index in [1.165, 1.54) is 24.5 Å². The van der Waals surface area contributed by atoms with Crippen LogP contribution >= 0.6 is 11.6 Å². The molecule has 4 heterocycles. The molecule has 2 aliphatic rings. The third-order valence-corrected chi connectivity index (χ3v) is 5.83. The van der Waals surface area contributed by atoms with E-state index in [-0.39, 0.29) is 22.9 Å². The predicted molar refractivity (Wildman–Crippen MR) is 97.7 cm³/mol. The first-order valence-corrected chi connectivity index (χ1v) is 9.25. The first-order valence-electron chi connectivity index (χ1n) is 8.87. The van der Waals surface area contributed by atoms with Gasteiger partial charge in [0.25, 0.3) is 0 Å². The van der Waals surface area contributed by atoms with Gasteiger partial charge in [-0.3, -0.25) is 0 Å². The molecule has 0 aliphatic carbocycles. The molecule has 2 aromatic heterocycles. The summed E-state index contributed by atoms with van der Waals surface area (Å²) < 4.78 is 48.7. The largest absolute Gasteiger partial charge is 0.434 e. The Hall–Kier alpha value is -3.07. The zero-order chi connectivity index (χ0) is 19.9. The van der Waals surface area contributed by atoms with Crippen molar-refractivity contribution in [1.82, 2.24) is 24.3 Å². The van der Waals surface area contributed by atoms with Crippen LogP contribution in [-0.4, -0.2) is 30.9 Å². The van der Waals surface area contributed by atoms with E-state index in [0.717, 1.165) is 0 Å².